The molecule has 0 bridgehead atoms. The summed E-state index contributed by atoms with van der Waals surface area (Å²) >= 11 is 0. The Hall–Kier alpha value is -3.42. The van der Waals surface area contributed by atoms with Crippen LogP contribution in [0.3, 0.4) is 0 Å². The van der Waals surface area contributed by atoms with Gasteiger partial charge in [-0.1, -0.05) is 50.6 Å². The van der Waals surface area contributed by atoms with Crippen LogP contribution in [0.25, 0.3) is 22.6 Å². The van der Waals surface area contributed by atoms with E-state index in [1.165, 1.54) is 5.56 Å². The van der Waals surface area contributed by atoms with E-state index in [1.807, 2.05) is 12.1 Å². The highest BCUT2D eigenvalue weighted by atomic mass is 15.5. The van der Waals surface area contributed by atoms with Crippen LogP contribution in [0.5, 0.6) is 0 Å². The minimum absolute atomic E-state index is 0.487. The van der Waals surface area contributed by atoms with Gasteiger partial charge in [0, 0.05) is 24.6 Å². The number of rotatable bonds is 9. The Labute approximate surface area is 175 Å². The standard InChI is InChI=1S/C22H26N8/c1-3-5-9-20-24-19(7-4-2)27-30(20)15-16-10-12-17(13-11-16)18-8-6-14-23-21(18)22-25-28-29-26-22/h6,8,10-14H,3-5,7,9,15H2,1-2H3,(H,25,26,28,29). The van der Waals surface area contributed by atoms with E-state index in [9.17, 15) is 0 Å². The van der Waals surface area contributed by atoms with E-state index in [0.717, 1.165) is 61.4 Å². The van der Waals surface area contributed by atoms with E-state index < -0.39 is 0 Å². The highest BCUT2D eigenvalue weighted by Gasteiger charge is 2.13. The monoisotopic (exact) mass is 402 g/mol. The average Bonchev–Trinajstić information content (AvgIpc) is 3.44. The summed E-state index contributed by atoms with van der Waals surface area (Å²) in [5, 5.41) is 19.0. The summed E-state index contributed by atoms with van der Waals surface area (Å²) in [6, 6.07) is 12.4. The number of aryl methyl sites for hydroxylation is 2. The number of hydrogen-bond acceptors (Lipinski definition) is 6. The number of tetrazole rings is 1. The molecule has 0 atom stereocenters. The average molecular weight is 403 g/mol. The first kappa shape index (κ1) is 19.9. The van der Waals surface area contributed by atoms with Crippen LogP contribution in [-0.2, 0) is 19.4 Å². The molecule has 0 aliphatic heterocycles. The van der Waals surface area contributed by atoms with Crippen LogP contribution in [0.1, 0.15) is 50.3 Å². The van der Waals surface area contributed by atoms with Crippen molar-refractivity contribution in [1.29, 1.82) is 0 Å². The first-order valence-electron chi connectivity index (χ1n) is 10.5. The maximum absolute atomic E-state index is 4.76. The van der Waals surface area contributed by atoms with Gasteiger partial charge in [-0.2, -0.15) is 10.3 Å². The van der Waals surface area contributed by atoms with Crippen LogP contribution in [-0.4, -0.2) is 40.4 Å². The van der Waals surface area contributed by atoms with E-state index in [-0.39, 0.29) is 0 Å². The Kier molecular flexibility index (Phi) is 6.22. The molecule has 0 aliphatic carbocycles. The summed E-state index contributed by atoms with van der Waals surface area (Å²) in [4.78, 5) is 9.20. The molecular weight excluding hydrogens is 376 g/mol. The summed E-state index contributed by atoms with van der Waals surface area (Å²) in [5.74, 6) is 2.51. The molecule has 4 rings (SSSR count). The first-order chi connectivity index (χ1) is 14.8. The molecule has 0 spiro atoms. The van der Waals surface area contributed by atoms with Gasteiger partial charge in [0.15, 0.2) is 5.82 Å². The number of benzene rings is 1. The van der Waals surface area contributed by atoms with Crippen LogP contribution in [0.2, 0.25) is 0 Å². The zero-order valence-electron chi connectivity index (χ0n) is 17.4. The van der Waals surface area contributed by atoms with Crippen molar-refractivity contribution in [2.75, 3.05) is 0 Å². The molecule has 0 saturated carbocycles. The van der Waals surface area contributed by atoms with Crippen LogP contribution < -0.4 is 0 Å². The molecule has 1 aromatic carbocycles. The van der Waals surface area contributed by atoms with E-state index in [2.05, 4.69) is 68.4 Å². The third-order valence-corrected chi connectivity index (χ3v) is 4.98. The molecule has 3 heterocycles. The molecule has 8 nitrogen and oxygen atoms in total. The fraction of sp³-hybridized carbons (Fsp3) is 0.364. The summed E-state index contributed by atoms with van der Waals surface area (Å²) in [6.07, 6.45) is 6.96. The Morgan fingerprint density at radius 1 is 1.00 bits per heavy atom. The molecule has 8 heteroatoms. The molecule has 0 amide bonds. The number of aromatic amines is 1. The third kappa shape index (κ3) is 4.42. The molecule has 3 aromatic heterocycles. The fourth-order valence-electron chi connectivity index (χ4n) is 3.44. The summed E-state index contributed by atoms with van der Waals surface area (Å²) in [6.45, 7) is 5.08. The van der Waals surface area contributed by atoms with Gasteiger partial charge in [-0.05, 0) is 35.2 Å². The Morgan fingerprint density at radius 3 is 2.60 bits per heavy atom. The largest absolute Gasteiger partial charge is 0.252 e. The minimum atomic E-state index is 0.487. The van der Waals surface area contributed by atoms with Gasteiger partial charge < -0.3 is 0 Å². The minimum Gasteiger partial charge on any atom is -0.252 e. The smallest absolute Gasteiger partial charge is 0.223 e. The van der Waals surface area contributed by atoms with Gasteiger partial charge in [0.05, 0.1) is 6.54 Å². The molecule has 4 aromatic rings. The van der Waals surface area contributed by atoms with Crippen molar-refractivity contribution >= 4 is 0 Å². The lowest BCUT2D eigenvalue weighted by atomic mass is 10.0. The number of nitrogens with zero attached hydrogens (tertiary/aromatic N) is 7. The van der Waals surface area contributed by atoms with E-state index in [4.69, 9.17) is 10.1 Å². The van der Waals surface area contributed by atoms with Gasteiger partial charge in [-0.15, -0.1) is 10.2 Å². The number of unbranched alkanes of at least 4 members (excludes halogenated alkanes) is 1. The van der Waals surface area contributed by atoms with Crippen molar-refractivity contribution in [2.24, 2.45) is 0 Å². The van der Waals surface area contributed by atoms with Crippen molar-refractivity contribution < 1.29 is 0 Å². The fourth-order valence-corrected chi connectivity index (χ4v) is 3.44. The topological polar surface area (TPSA) is 98.1 Å². The van der Waals surface area contributed by atoms with Crippen LogP contribution in [0.15, 0.2) is 42.6 Å². The molecule has 0 radical (unpaired) electrons. The van der Waals surface area contributed by atoms with Crippen molar-refractivity contribution in [2.45, 2.75) is 52.5 Å². The molecule has 30 heavy (non-hydrogen) atoms. The maximum Gasteiger partial charge on any atom is 0.223 e. The van der Waals surface area contributed by atoms with Gasteiger partial charge in [0.2, 0.25) is 5.82 Å². The van der Waals surface area contributed by atoms with Crippen molar-refractivity contribution in [3.05, 3.63) is 59.8 Å². The van der Waals surface area contributed by atoms with Gasteiger partial charge >= 0.3 is 0 Å². The summed E-state index contributed by atoms with van der Waals surface area (Å²) in [5.41, 5.74) is 3.93. The number of pyridine rings is 1. The maximum atomic E-state index is 4.76. The Morgan fingerprint density at radius 2 is 1.87 bits per heavy atom. The highest BCUT2D eigenvalue weighted by molar-refractivity contribution is 5.77. The quantitative estimate of drug-likeness (QED) is 0.456. The van der Waals surface area contributed by atoms with Gasteiger partial charge in [0.1, 0.15) is 11.5 Å². The summed E-state index contributed by atoms with van der Waals surface area (Å²) < 4.78 is 2.06. The number of nitrogens with one attached hydrogen (secondary N) is 1. The van der Waals surface area contributed by atoms with Crippen molar-refractivity contribution in [1.82, 2.24) is 40.4 Å². The van der Waals surface area contributed by atoms with Crippen LogP contribution in [0.4, 0.5) is 0 Å². The second-order valence-corrected chi connectivity index (χ2v) is 7.29. The zero-order chi connectivity index (χ0) is 20.8. The van der Waals surface area contributed by atoms with E-state index in [0.29, 0.717) is 11.5 Å². The molecule has 0 saturated heterocycles. The highest BCUT2D eigenvalue weighted by Crippen LogP contribution is 2.28. The lowest BCUT2D eigenvalue weighted by Crippen LogP contribution is -2.07. The summed E-state index contributed by atoms with van der Waals surface area (Å²) in [7, 11) is 0. The molecule has 154 valence electrons. The Bertz CT molecular complexity index is 1070. The molecule has 1 N–H and O–H groups in total. The molecule has 0 unspecified atom stereocenters. The number of hydrogen-bond donors (Lipinski definition) is 1. The van der Waals surface area contributed by atoms with Crippen molar-refractivity contribution in [3.8, 4) is 22.6 Å². The second kappa shape index (κ2) is 9.39. The zero-order valence-corrected chi connectivity index (χ0v) is 17.4. The Balaban J connectivity index is 1.57. The lowest BCUT2D eigenvalue weighted by molar-refractivity contribution is 0.613. The van der Waals surface area contributed by atoms with Gasteiger partial charge in [-0.25, -0.2) is 9.67 Å². The lowest BCUT2D eigenvalue weighted by Gasteiger charge is -2.09. The first-order valence-corrected chi connectivity index (χ1v) is 10.5. The number of H-pyrrole nitrogens is 1. The van der Waals surface area contributed by atoms with E-state index in [1.54, 1.807) is 6.20 Å². The van der Waals surface area contributed by atoms with Gasteiger partial charge in [-0.3, -0.25) is 4.98 Å². The predicted octanol–water partition coefficient (Wildman–Crippen LogP) is 3.86. The molecular formula is C22H26N8. The molecule has 0 aliphatic rings. The number of aromatic nitrogens is 8. The SMILES string of the molecule is CCCCc1nc(CCC)nn1Cc1ccc(-c2cccnc2-c2nn[nH]n2)cc1. The van der Waals surface area contributed by atoms with Crippen LogP contribution >= 0.6 is 0 Å². The normalized spacial score (nSPS) is 11.1. The van der Waals surface area contributed by atoms with E-state index >= 15 is 0 Å². The van der Waals surface area contributed by atoms with Crippen molar-refractivity contribution in [3.63, 3.8) is 0 Å². The van der Waals surface area contributed by atoms with Crippen LogP contribution in [0, 0.1) is 0 Å². The second-order valence-electron chi connectivity index (χ2n) is 7.29. The third-order valence-electron chi connectivity index (χ3n) is 4.98. The molecule has 0 fully saturated rings. The predicted molar refractivity (Wildman–Crippen MR) is 115 cm³/mol. The van der Waals surface area contributed by atoms with Gasteiger partial charge in [0.25, 0.3) is 0 Å².